The zero-order valence-electron chi connectivity index (χ0n) is 11.9. The van der Waals surface area contributed by atoms with Crippen LogP contribution in [0.15, 0.2) is 17.2 Å². The van der Waals surface area contributed by atoms with Crippen molar-refractivity contribution in [2.24, 2.45) is 15.8 Å². The quantitative estimate of drug-likeness (QED) is 0.537. The third kappa shape index (κ3) is 9.41. The second-order valence-electron chi connectivity index (χ2n) is 4.96. The van der Waals surface area contributed by atoms with Crippen LogP contribution in [0.4, 0.5) is 0 Å². The topological polar surface area (TPSA) is 12.4 Å². The number of nitrogens with zero attached hydrogens (tertiary/aromatic N) is 1. The maximum Gasteiger partial charge on any atom is 0.0836 e. The Hall–Kier alpha value is -0.590. The first-order valence-corrected chi connectivity index (χ1v) is 4.20. The highest BCUT2D eigenvalue weighted by atomic mass is 14.7. The van der Waals surface area contributed by atoms with E-state index in [0.29, 0.717) is 0 Å². The van der Waals surface area contributed by atoms with Crippen LogP contribution in [0, 0.1) is 10.8 Å². The largest absolute Gasteiger partial charge is 0.269 e. The zero-order valence-corrected chi connectivity index (χ0v) is 8.95. The normalized spacial score (nSPS) is 20.8. The molecule has 1 nitrogen and oxygen atoms in total. The summed E-state index contributed by atoms with van der Waals surface area (Å²) < 4.78 is 23.0. The molecule has 0 aromatic carbocycles. The van der Waals surface area contributed by atoms with E-state index in [9.17, 15) is 0 Å². The Balaban J connectivity index is 5.14. The molecule has 0 saturated carbocycles. The average molecular weight is 173 g/mol. The van der Waals surface area contributed by atoms with Crippen molar-refractivity contribution in [3.05, 3.63) is 12.2 Å². The Morgan fingerprint density at radius 2 is 1.50 bits per heavy atom. The lowest BCUT2D eigenvalue weighted by Crippen LogP contribution is -2.05. The molecule has 0 aromatic rings. The van der Waals surface area contributed by atoms with E-state index >= 15 is 0 Å². The van der Waals surface area contributed by atoms with E-state index in [1.54, 1.807) is 0 Å². The van der Waals surface area contributed by atoms with E-state index in [4.69, 9.17) is 4.11 Å². The van der Waals surface area contributed by atoms with Gasteiger partial charge in [0.1, 0.15) is 0 Å². The van der Waals surface area contributed by atoms with E-state index in [1.807, 2.05) is 41.5 Å². The van der Waals surface area contributed by atoms with Gasteiger partial charge in [-0.1, -0.05) is 47.6 Å². The summed E-state index contributed by atoms with van der Waals surface area (Å²) in [5.74, 6) is 0. The van der Waals surface area contributed by atoms with Gasteiger partial charge in [-0.05, 0) is 10.8 Å². The summed E-state index contributed by atoms with van der Waals surface area (Å²) in [4.78, 5) is 3.86. The SMILES string of the molecule is [3H]/C(=N/C([3H])=C(/[3H])C(C)(C)C)C(C)(C)C. The van der Waals surface area contributed by atoms with E-state index in [-0.39, 0.29) is 23.8 Å². The Labute approximate surface area is 80.8 Å². The fourth-order valence-corrected chi connectivity index (χ4v) is 0.391. The van der Waals surface area contributed by atoms with Crippen LogP contribution in [0.25, 0.3) is 0 Å². The number of allylic oxidation sites excluding steroid dienone is 1. The lowest BCUT2D eigenvalue weighted by molar-refractivity contribution is 0.543. The molecule has 0 spiro atoms. The maximum atomic E-state index is 7.73. The van der Waals surface area contributed by atoms with Gasteiger partial charge in [0, 0.05) is 12.4 Å². The molecule has 0 heterocycles. The molecule has 0 aromatic heterocycles. The van der Waals surface area contributed by atoms with Crippen LogP contribution in [0.5, 0.6) is 0 Å². The predicted molar refractivity (Wildman–Crippen MR) is 56.5 cm³/mol. The minimum absolute atomic E-state index is 0.109. The molecule has 0 aliphatic carbocycles. The van der Waals surface area contributed by atoms with Gasteiger partial charge in [-0.25, -0.2) is 0 Å². The lowest BCUT2D eigenvalue weighted by atomic mass is 9.97. The highest BCUT2D eigenvalue weighted by Crippen LogP contribution is 2.14. The van der Waals surface area contributed by atoms with Gasteiger partial charge in [0.15, 0.2) is 0 Å². The smallest absolute Gasteiger partial charge is 0.0836 e. The number of hydrogen-bond acceptors (Lipinski definition) is 1. The van der Waals surface area contributed by atoms with Crippen LogP contribution in [0.2, 0.25) is 0 Å². The second-order valence-corrected chi connectivity index (χ2v) is 4.96. The van der Waals surface area contributed by atoms with Gasteiger partial charge in [-0.2, -0.15) is 0 Å². The second kappa shape index (κ2) is 3.88. The fraction of sp³-hybridized carbons (Fsp3) is 0.727. The van der Waals surface area contributed by atoms with Gasteiger partial charge < -0.3 is 0 Å². The van der Waals surface area contributed by atoms with Crippen molar-refractivity contribution in [2.45, 2.75) is 41.5 Å². The Bertz CT molecular complexity index is 290. The van der Waals surface area contributed by atoms with Gasteiger partial charge in [-0.15, -0.1) is 0 Å². The van der Waals surface area contributed by atoms with Crippen LogP contribution in [0.3, 0.4) is 0 Å². The van der Waals surface area contributed by atoms with E-state index in [0.717, 1.165) is 0 Å². The first-order valence-electron chi connectivity index (χ1n) is 5.70. The average Bonchev–Trinajstić information content (AvgIpc) is 1.99. The lowest BCUT2D eigenvalue weighted by Gasteiger charge is -2.11. The first-order chi connectivity index (χ1) is 6.46. The third-order valence-electron chi connectivity index (χ3n) is 0.878. The molecule has 0 atom stereocenters. The van der Waals surface area contributed by atoms with Gasteiger partial charge in [-0.3, -0.25) is 4.99 Å². The summed E-state index contributed by atoms with van der Waals surface area (Å²) in [5, 5.41) is 0. The van der Waals surface area contributed by atoms with Crippen LogP contribution in [-0.2, 0) is 0 Å². The van der Waals surface area contributed by atoms with E-state index in [2.05, 4.69) is 4.99 Å². The van der Waals surface area contributed by atoms with Gasteiger partial charge in [0.2, 0.25) is 0 Å². The fourth-order valence-electron chi connectivity index (χ4n) is 0.391. The van der Waals surface area contributed by atoms with Gasteiger partial charge in [0.25, 0.3) is 0 Å². The van der Waals surface area contributed by atoms with Crippen molar-refractivity contribution in [3.8, 4) is 0 Å². The Morgan fingerprint density at radius 3 is 1.83 bits per heavy atom. The van der Waals surface area contributed by atoms with Crippen molar-refractivity contribution in [2.75, 3.05) is 0 Å². The first kappa shape index (κ1) is 6.88. The zero-order chi connectivity index (χ0) is 12.4. The summed E-state index contributed by atoms with van der Waals surface area (Å²) in [6, 6.07) is 0.163. The molecule has 0 N–H and O–H groups in total. The van der Waals surface area contributed by atoms with Crippen molar-refractivity contribution >= 4 is 6.19 Å². The van der Waals surface area contributed by atoms with E-state index in [1.165, 1.54) is 0 Å². The summed E-state index contributed by atoms with van der Waals surface area (Å²) in [5.41, 5.74) is -0.761. The molecule has 0 aliphatic heterocycles. The maximum absolute atomic E-state index is 7.73. The summed E-state index contributed by atoms with van der Waals surface area (Å²) in [6.07, 6.45) is 0.0314. The standard InChI is InChI=1S/C11H21N/c1-10(2,3)7-8-12-9-11(4,5)6/h7-9H,1-6H3/b8-7-,12-9-/i7T,8T,9T. The van der Waals surface area contributed by atoms with Gasteiger partial charge in [0.05, 0.1) is 4.11 Å². The molecule has 0 unspecified atom stereocenters. The molecule has 0 bridgehead atoms. The number of rotatable bonds is 1. The van der Waals surface area contributed by atoms with Crippen LogP contribution < -0.4 is 0 Å². The highest BCUT2D eigenvalue weighted by molar-refractivity contribution is 5.64. The molecule has 0 fully saturated rings. The third-order valence-corrected chi connectivity index (χ3v) is 0.878. The Morgan fingerprint density at radius 1 is 1.00 bits per heavy atom. The molecular weight excluding hydrogens is 146 g/mol. The highest BCUT2D eigenvalue weighted by Gasteiger charge is 2.05. The van der Waals surface area contributed by atoms with Crippen LogP contribution >= 0.6 is 0 Å². The predicted octanol–water partition coefficient (Wildman–Crippen LogP) is 3.66. The van der Waals surface area contributed by atoms with Crippen molar-refractivity contribution < 1.29 is 4.11 Å². The minimum Gasteiger partial charge on any atom is -0.269 e. The van der Waals surface area contributed by atoms with Crippen molar-refractivity contribution in [3.63, 3.8) is 0 Å². The minimum atomic E-state index is -0.390. The summed E-state index contributed by atoms with van der Waals surface area (Å²) in [6.45, 7) is 11.2. The molecule has 0 radical (unpaired) electrons. The van der Waals surface area contributed by atoms with Crippen LogP contribution in [0.1, 0.15) is 45.7 Å². The van der Waals surface area contributed by atoms with Crippen molar-refractivity contribution in [1.29, 1.82) is 0 Å². The number of hydrogen-bond donors (Lipinski definition) is 0. The Kier molecular flexibility index (Phi) is 2.22. The molecule has 1 heteroatoms. The monoisotopic (exact) mass is 173 g/mol. The molecule has 12 heavy (non-hydrogen) atoms. The van der Waals surface area contributed by atoms with Crippen LogP contribution in [-0.4, -0.2) is 6.19 Å². The molecule has 0 aliphatic rings. The molecule has 70 valence electrons. The molecule has 0 rings (SSSR count). The van der Waals surface area contributed by atoms with Gasteiger partial charge >= 0.3 is 0 Å². The van der Waals surface area contributed by atoms with Crippen molar-refractivity contribution in [1.82, 2.24) is 0 Å². The molecule has 0 amide bonds. The van der Waals surface area contributed by atoms with E-state index < -0.39 is 5.41 Å². The molecule has 0 saturated heterocycles. The number of aliphatic imine (C=N–C) groups is 1. The summed E-state index contributed by atoms with van der Waals surface area (Å²) in [7, 11) is 0. The molecular formula is C11H21N. The summed E-state index contributed by atoms with van der Waals surface area (Å²) >= 11 is 0.